The molecule has 2 unspecified atom stereocenters. The van der Waals surface area contributed by atoms with Crippen molar-refractivity contribution in [2.45, 2.75) is 51.2 Å². The molecule has 1 aliphatic carbocycles. The van der Waals surface area contributed by atoms with E-state index in [1.807, 2.05) is 6.20 Å². The number of halogens is 1. The highest BCUT2D eigenvalue weighted by molar-refractivity contribution is 9.10. The quantitative estimate of drug-likeness (QED) is 0.910. The highest BCUT2D eigenvalue weighted by atomic mass is 79.9. The third-order valence-electron chi connectivity index (χ3n) is 4.32. The molecule has 1 saturated heterocycles. The van der Waals surface area contributed by atoms with Crippen molar-refractivity contribution in [2.75, 3.05) is 11.4 Å². The van der Waals surface area contributed by atoms with Crippen LogP contribution in [0, 0.1) is 5.92 Å². The normalized spacial score (nSPS) is 26.9. The average Bonchev–Trinajstić information content (AvgIpc) is 3.21. The molecule has 110 valence electrons. The molecule has 2 aliphatic rings. The zero-order valence-corrected chi connectivity index (χ0v) is 13.3. The van der Waals surface area contributed by atoms with Crippen molar-refractivity contribution in [3.05, 3.63) is 21.0 Å². The molecule has 0 aromatic carbocycles. The van der Waals surface area contributed by atoms with Gasteiger partial charge in [-0.2, -0.15) is 5.10 Å². The number of hydrogen-bond donors (Lipinski definition) is 1. The monoisotopic (exact) mass is 340 g/mol. The van der Waals surface area contributed by atoms with Crippen LogP contribution in [-0.2, 0) is 6.54 Å². The Kier molecular flexibility index (Phi) is 3.86. The van der Waals surface area contributed by atoms with Gasteiger partial charge in [-0.1, -0.05) is 0 Å². The summed E-state index contributed by atoms with van der Waals surface area (Å²) in [5.41, 5.74) is 6.89. The van der Waals surface area contributed by atoms with Crippen LogP contribution >= 0.6 is 15.9 Å². The summed E-state index contributed by atoms with van der Waals surface area (Å²) in [5, 5.41) is 4.35. The van der Waals surface area contributed by atoms with E-state index in [1.54, 1.807) is 4.68 Å². The van der Waals surface area contributed by atoms with Crippen LogP contribution in [0.3, 0.4) is 0 Å². The van der Waals surface area contributed by atoms with Gasteiger partial charge in [0.15, 0.2) is 0 Å². The van der Waals surface area contributed by atoms with E-state index >= 15 is 0 Å². The molecule has 1 aromatic rings. The Hall–Kier alpha value is -0.880. The van der Waals surface area contributed by atoms with Crippen LogP contribution in [0.25, 0.3) is 0 Å². The fourth-order valence-corrected chi connectivity index (χ4v) is 3.43. The van der Waals surface area contributed by atoms with Crippen molar-refractivity contribution >= 4 is 21.6 Å². The van der Waals surface area contributed by atoms with E-state index in [2.05, 4.69) is 32.9 Å². The molecular weight excluding hydrogens is 320 g/mol. The standard InChI is InChI=1S/C14H21BrN4O/c1-9-6-11(16)4-5-18(9)12-7-17-19(8-10-2-3-10)14(20)13(12)15/h7,9-11H,2-6,8,16H2,1H3. The molecule has 0 radical (unpaired) electrons. The topological polar surface area (TPSA) is 64.2 Å². The Balaban J connectivity index is 1.86. The smallest absolute Gasteiger partial charge is 0.283 e. The predicted molar refractivity (Wildman–Crippen MR) is 82.9 cm³/mol. The maximum absolute atomic E-state index is 12.4. The van der Waals surface area contributed by atoms with Crippen molar-refractivity contribution < 1.29 is 0 Å². The molecule has 6 heteroatoms. The largest absolute Gasteiger partial charge is 0.366 e. The first-order valence-electron chi connectivity index (χ1n) is 7.34. The molecule has 5 nitrogen and oxygen atoms in total. The molecule has 1 aliphatic heterocycles. The van der Waals surface area contributed by atoms with Gasteiger partial charge in [-0.05, 0) is 54.5 Å². The van der Waals surface area contributed by atoms with Gasteiger partial charge in [-0.15, -0.1) is 0 Å². The minimum Gasteiger partial charge on any atom is -0.366 e. The van der Waals surface area contributed by atoms with Crippen molar-refractivity contribution in [3.8, 4) is 0 Å². The number of piperidine rings is 1. The summed E-state index contributed by atoms with van der Waals surface area (Å²) < 4.78 is 2.22. The molecular formula is C14H21BrN4O. The van der Waals surface area contributed by atoms with Crippen LogP contribution in [0.15, 0.2) is 15.5 Å². The van der Waals surface area contributed by atoms with Gasteiger partial charge < -0.3 is 10.6 Å². The van der Waals surface area contributed by atoms with Crippen molar-refractivity contribution in [2.24, 2.45) is 11.7 Å². The highest BCUT2D eigenvalue weighted by Gasteiger charge is 2.27. The molecule has 2 N–H and O–H groups in total. The molecule has 2 heterocycles. The van der Waals surface area contributed by atoms with Crippen LogP contribution in [0.4, 0.5) is 5.69 Å². The average molecular weight is 341 g/mol. The van der Waals surface area contributed by atoms with Crippen LogP contribution in [-0.4, -0.2) is 28.4 Å². The third kappa shape index (κ3) is 2.76. The zero-order chi connectivity index (χ0) is 14.3. The van der Waals surface area contributed by atoms with E-state index < -0.39 is 0 Å². The van der Waals surface area contributed by atoms with Gasteiger partial charge in [0.05, 0.1) is 11.9 Å². The first-order chi connectivity index (χ1) is 9.56. The summed E-state index contributed by atoms with van der Waals surface area (Å²) in [4.78, 5) is 14.6. The number of hydrogen-bond acceptors (Lipinski definition) is 4. The SMILES string of the molecule is CC1CC(N)CCN1c1cnn(CC2CC2)c(=O)c1Br. The summed E-state index contributed by atoms with van der Waals surface area (Å²) >= 11 is 3.47. The molecule has 0 amide bonds. The Bertz CT molecular complexity index is 555. The van der Waals surface area contributed by atoms with Crippen LogP contribution in [0.5, 0.6) is 0 Å². The number of rotatable bonds is 3. The number of nitrogens with zero attached hydrogens (tertiary/aromatic N) is 3. The molecule has 0 bridgehead atoms. The maximum atomic E-state index is 12.4. The maximum Gasteiger partial charge on any atom is 0.283 e. The van der Waals surface area contributed by atoms with Gasteiger partial charge in [0.1, 0.15) is 4.47 Å². The first-order valence-corrected chi connectivity index (χ1v) is 8.13. The minimum absolute atomic E-state index is 0.0172. The first kappa shape index (κ1) is 14.1. The Labute approximate surface area is 127 Å². The van der Waals surface area contributed by atoms with E-state index in [1.165, 1.54) is 12.8 Å². The van der Waals surface area contributed by atoms with E-state index in [0.717, 1.165) is 31.6 Å². The lowest BCUT2D eigenvalue weighted by Crippen LogP contribution is -2.46. The number of nitrogens with two attached hydrogens (primary N) is 1. The van der Waals surface area contributed by atoms with Crippen molar-refractivity contribution in [3.63, 3.8) is 0 Å². The number of anilines is 1. The highest BCUT2D eigenvalue weighted by Crippen LogP contribution is 2.31. The van der Waals surface area contributed by atoms with Gasteiger partial charge in [0.2, 0.25) is 0 Å². The van der Waals surface area contributed by atoms with E-state index in [4.69, 9.17) is 5.73 Å². The third-order valence-corrected chi connectivity index (χ3v) is 5.07. The van der Waals surface area contributed by atoms with Crippen molar-refractivity contribution in [1.82, 2.24) is 9.78 Å². The second-order valence-electron chi connectivity index (χ2n) is 6.10. The fraction of sp³-hybridized carbons (Fsp3) is 0.714. The summed E-state index contributed by atoms with van der Waals surface area (Å²) in [6, 6.07) is 0.610. The van der Waals surface area contributed by atoms with E-state index in [0.29, 0.717) is 16.4 Å². The molecule has 1 saturated carbocycles. The van der Waals surface area contributed by atoms with Gasteiger partial charge in [-0.3, -0.25) is 4.79 Å². The van der Waals surface area contributed by atoms with Crippen LogP contribution < -0.4 is 16.2 Å². The molecule has 3 rings (SSSR count). The summed E-state index contributed by atoms with van der Waals surface area (Å²) in [5.74, 6) is 0.643. The zero-order valence-electron chi connectivity index (χ0n) is 11.8. The Morgan fingerprint density at radius 2 is 2.20 bits per heavy atom. The Morgan fingerprint density at radius 3 is 2.85 bits per heavy atom. The van der Waals surface area contributed by atoms with E-state index in [9.17, 15) is 4.79 Å². The van der Waals surface area contributed by atoms with Gasteiger partial charge in [0.25, 0.3) is 5.56 Å². The second-order valence-corrected chi connectivity index (χ2v) is 6.89. The molecule has 0 spiro atoms. The molecule has 1 aromatic heterocycles. The lowest BCUT2D eigenvalue weighted by Gasteiger charge is -2.38. The Morgan fingerprint density at radius 1 is 1.45 bits per heavy atom. The van der Waals surface area contributed by atoms with Crippen LogP contribution in [0.2, 0.25) is 0 Å². The lowest BCUT2D eigenvalue weighted by molar-refractivity contribution is 0.427. The van der Waals surface area contributed by atoms with Crippen LogP contribution in [0.1, 0.15) is 32.6 Å². The molecule has 20 heavy (non-hydrogen) atoms. The lowest BCUT2D eigenvalue weighted by atomic mass is 9.99. The van der Waals surface area contributed by atoms with Gasteiger partial charge in [0, 0.05) is 25.2 Å². The van der Waals surface area contributed by atoms with E-state index in [-0.39, 0.29) is 11.6 Å². The second kappa shape index (κ2) is 5.48. The predicted octanol–water partition coefficient (Wildman–Crippen LogP) is 1.73. The fourth-order valence-electron chi connectivity index (χ4n) is 2.90. The molecule has 2 atom stereocenters. The van der Waals surface area contributed by atoms with Gasteiger partial charge in [-0.25, -0.2) is 4.68 Å². The summed E-state index contributed by atoms with van der Waals surface area (Å²) in [7, 11) is 0. The summed E-state index contributed by atoms with van der Waals surface area (Å²) in [6.07, 6.45) is 6.17. The number of aromatic nitrogens is 2. The van der Waals surface area contributed by atoms with Gasteiger partial charge >= 0.3 is 0 Å². The van der Waals surface area contributed by atoms with Crippen molar-refractivity contribution in [1.29, 1.82) is 0 Å². The summed E-state index contributed by atoms with van der Waals surface area (Å²) in [6.45, 7) is 3.79. The minimum atomic E-state index is -0.0172. The molecule has 2 fully saturated rings.